The molecule has 100 valence electrons. The topological polar surface area (TPSA) is 32.7 Å². The van der Waals surface area contributed by atoms with E-state index in [1.807, 2.05) is 6.07 Å². The van der Waals surface area contributed by atoms with Gasteiger partial charge in [0.05, 0.1) is 19.8 Å². The first-order valence-corrected chi connectivity index (χ1v) is 6.70. The van der Waals surface area contributed by atoms with Crippen LogP contribution in [0.5, 0.6) is 5.75 Å². The van der Waals surface area contributed by atoms with E-state index in [9.17, 15) is 5.11 Å². The Morgan fingerprint density at radius 3 is 2.67 bits per heavy atom. The van der Waals surface area contributed by atoms with Crippen molar-refractivity contribution in [2.45, 2.75) is 38.3 Å². The van der Waals surface area contributed by atoms with Crippen LogP contribution in [-0.4, -0.2) is 36.8 Å². The maximum atomic E-state index is 9.71. The lowest BCUT2D eigenvalue weighted by atomic mass is 10.0. The minimum Gasteiger partial charge on any atom is -0.496 e. The van der Waals surface area contributed by atoms with Crippen molar-refractivity contribution in [2.24, 2.45) is 0 Å². The second-order valence-corrected chi connectivity index (χ2v) is 5.02. The number of hydrogen-bond donors (Lipinski definition) is 1. The van der Waals surface area contributed by atoms with Crippen molar-refractivity contribution in [2.75, 3.05) is 20.8 Å². The fraction of sp³-hybridized carbons (Fsp3) is 0.600. The lowest BCUT2D eigenvalue weighted by molar-refractivity contribution is 0.139. The molecule has 1 saturated carbocycles. The summed E-state index contributed by atoms with van der Waals surface area (Å²) in [4.78, 5) is 2.28. The second-order valence-electron chi connectivity index (χ2n) is 5.02. The molecule has 0 aromatic heterocycles. The molecular weight excluding hydrogens is 226 g/mol. The van der Waals surface area contributed by atoms with Crippen LogP contribution in [0.3, 0.4) is 0 Å². The quantitative estimate of drug-likeness (QED) is 0.840. The number of aryl methyl sites for hydroxylation is 1. The van der Waals surface area contributed by atoms with Crippen molar-refractivity contribution in [3.63, 3.8) is 0 Å². The summed E-state index contributed by atoms with van der Waals surface area (Å²) in [6.45, 7) is 2.28. The zero-order valence-electron chi connectivity index (χ0n) is 11.5. The van der Waals surface area contributed by atoms with Crippen LogP contribution in [0, 0.1) is 0 Å². The number of benzene rings is 1. The number of hydrogen-bond acceptors (Lipinski definition) is 3. The van der Waals surface area contributed by atoms with Crippen LogP contribution in [0.25, 0.3) is 0 Å². The molecule has 0 radical (unpaired) electrons. The van der Waals surface area contributed by atoms with Gasteiger partial charge in [0.1, 0.15) is 5.75 Å². The van der Waals surface area contributed by atoms with Crippen LogP contribution in [0.15, 0.2) is 18.2 Å². The summed E-state index contributed by atoms with van der Waals surface area (Å²) in [6, 6.07) is 6.93. The van der Waals surface area contributed by atoms with Crippen LogP contribution in [0.1, 0.15) is 36.9 Å². The Hall–Kier alpha value is -1.06. The van der Waals surface area contributed by atoms with E-state index < -0.39 is 0 Å². The van der Waals surface area contributed by atoms with Gasteiger partial charge in [-0.15, -0.1) is 0 Å². The molecule has 1 aliphatic carbocycles. The highest BCUT2D eigenvalue weighted by Crippen LogP contribution is 2.36. The lowest BCUT2D eigenvalue weighted by Gasteiger charge is -2.28. The fourth-order valence-corrected chi connectivity index (χ4v) is 2.45. The van der Waals surface area contributed by atoms with Crippen LogP contribution >= 0.6 is 0 Å². The summed E-state index contributed by atoms with van der Waals surface area (Å²) in [7, 11) is 3.78. The average Bonchev–Trinajstić information content (AvgIpc) is 3.23. The predicted molar refractivity (Wildman–Crippen MR) is 73.0 cm³/mol. The Bertz CT molecular complexity index is 401. The molecule has 1 atom stereocenters. The molecule has 18 heavy (non-hydrogen) atoms. The molecule has 1 unspecified atom stereocenters. The zero-order valence-corrected chi connectivity index (χ0v) is 11.5. The summed E-state index contributed by atoms with van der Waals surface area (Å²) < 4.78 is 5.44. The highest BCUT2D eigenvalue weighted by atomic mass is 16.5. The summed E-state index contributed by atoms with van der Waals surface area (Å²) in [5.74, 6) is 0.874. The minimum atomic E-state index is 0.0407. The van der Waals surface area contributed by atoms with Gasteiger partial charge in [0.25, 0.3) is 0 Å². The van der Waals surface area contributed by atoms with Crippen LogP contribution < -0.4 is 4.74 Å². The van der Waals surface area contributed by atoms with E-state index in [0.29, 0.717) is 6.04 Å². The maximum absolute atomic E-state index is 9.71. The largest absolute Gasteiger partial charge is 0.496 e. The summed E-state index contributed by atoms with van der Waals surface area (Å²) in [6.07, 6.45) is 3.48. The zero-order chi connectivity index (χ0) is 13.1. The normalized spacial score (nSPS) is 16.9. The van der Waals surface area contributed by atoms with Crippen molar-refractivity contribution < 1.29 is 9.84 Å². The SMILES string of the molecule is CCc1ccc(OC)c(C(CO)N(C)C2CC2)c1. The Morgan fingerprint density at radius 1 is 1.44 bits per heavy atom. The van der Waals surface area contributed by atoms with Crippen LogP contribution in [0.4, 0.5) is 0 Å². The summed E-state index contributed by atoms with van der Waals surface area (Å²) in [5.41, 5.74) is 2.39. The highest BCUT2D eigenvalue weighted by Gasteiger charge is 2.32. The first kappa shape index (κ1) is 13.4. The number of aliphatic hydroxyl groups is 1. The second kappa shape index (κ2) is 5.72. The van der Waals surface area contributed by atoms with E-state index >= 15 is 0 Å². The molecule has 3 heteroatoms. The Balaban J connectivity index is 2.32. The fourth-order valence-electron chi connectivity index (χ4n) is 2.45. The lowest BCUT2D eigenvalue weighted by Crippen LogP contribution is -2.29. The number of aliphatic hydroxyl groups excluding tert-OH is 1. The van der Waals surface area contributed by atoms with Crippen molar-refractivity contribution in [1.29, 1.82) is 0 Å². The Kier molecular flexibility index (Phi) is 4.25. The molecule has 0 heterocycles. The molecular formula is C15H23NO2. The first-order chi connectivity index (χ1) is 8.71. The van der Waals surface area contributed by atoms with Gasteiger partial charge in [-0.2, -0.15) is 0 Å². The number of rotatable bonds is 6. The van der Waals surface area contributed by atoms with Gasteiger partial charge in [-0.05, 0) is 37.9 Å². The van der Waals surface area contributed by atoms with Crippen molar-refractivity contribution in [3.05, 3.63) is 29.3 Å². The molecule has 0 saturated heterocycles. The standard InChI is InChI=1S/C15H23NO2/c1-4-11-5-8-15(18-3)13(9-11)14(10-17)16(2)12-6-7-12/h5,8-9,12,14,17H,4,6-7,10H2,1-3H3. The molecule has 1 fully saturated rings. The minimum absolute atomic E-state index is 0.0407. The number of methoxy groups -OCH3 is 1. The van der Waals surface area contributed by atoms with Gasteiger partial charge in [-0.25, -0.2) is 0 Å². The van der Waals surface area contributed by atoms with Gasteiger partial charge in [0.2, 0.25) is 0 Å². The summed E-state index contributed by atoms with van der Waals surface area (Å²) in [5, 5.41) is 9.71. The molecule has 3 nitrogen and oxygen atoms in total. The number of ether oxygens (including phenoxy) is 1. The molecule has 1 aliphatic rings. The molecule has 0 spiro atoms. The monoisotopic (exact) mass is 249 g/mol. The van der Waals surface area contributed by atoms with Crippen LogP contribution in [-0.2, 0) is 6.42 Å². The number of nitrogens with zero attached hydrogens (tertiary/aromatic N) is 1. The summed E-state index contributed by atoms with van der Waals surface area (Å²) >= 11 is 0. The van der Waals surface area contributed by atoms with Gasteiger partial charge in [0.15, 0.2) is 0 Å². The van der Waals surface area contributed by atoms with E-state index in [1.54, 1.807) is 7.11 Å². The molecule has 1 N–H and O–H groups in total. The third-order valence-electron chi connectivity index (χ3n) is 3.85. The molecule has 0 bridgehead atoms. The van der Waals surface area contributed by atoms with Gasteiger partial charge in [0, 0.05) is 11.6 Å². The van der Waals surface area contributed by atoms with Crippen molar-refractivity contribution in [3.8, 4) is 5.75 Å². The maximum Gasteiger partial charge on any atom is 0.123 e. The van der Waals surface area contributed by atoms with E-state index in [1.165, 1.54) is 18.4 Å². The number of likely N-dealkylation sites (N-methyl/N-ethyl adjacent to an activating group) is 1. The van der Waals surface area contributed by atoms with Crippen molar-refractivity contribution >= 4 is 0 Å². The highest BCUT2D eigenvalue weighted by molar-refractivity contribution is 5.40. The van der Waals surface area contributed by atoms with Crippen LogP contribution in [0.2, 0.25) is 0 Å². The molecule has 2 rings (SSSR count). The van der Waals surface area contributed by atoms with E-state index in [0.717, 1.165) is 17.7 Å². The Labute approximate surface area is 109 Å². The third-order valence-corrected chi connectivity index (χ3v) is 3.85. The van der Waals surface area contributed by atoms with Crippen molar-refractivity contribution in [1.82, 2.24) is 4.90 Å². The smallest absolute Gasteiger partial charge is 0.123 e. The van der Waals surface area contributed by atoms with Gasteiger partial charge in [-0.1, -0.05) is 19.1 Å². The van der Waals surface area contributed by atoms with Gasteiger partial charge < -0.3 is 9.84 Å². The van der Waals surface area contributed by atoms with Gasteiger partial charge in [-0.3, -0.25) is 4.90 Å². The predicted octanol–water partition coefficient (Wildman–Crippen LogP) is 2.39. The molecule has 0 aliphatic heterocycles. The molecule has 0 amide bonds. The average molecular weight is 249 g/mol. The molecule has 1 aromatic carbocycles. The van der Waals surface area contributed by atoms with E-state index in [4.69, 9.17) is 4.74 Å². The Morgan fingerprint density at radius 2 is 2.17 bits per heavy atom. The molecule has 1 aromatic rings. The third kappa shape index (κ3) is 2.68. The van der Waals surface area contributed by atoms with E-state index in [2.05, 4.69) is 31.0 Å². The van der Waals surface area contributed by atoms with E-state index in [-0.39, 0.29) is 12.6 Å². The first-order valence-electron chi connectivity index (χ1n) is 6.70. The van der Waals surface area contributed by atoms with Gasteiger partial charge >= 0.3 is 0 Å².